The molecule has 1 aromatic carbocycles. The molecule has 1 fully saturated rings. The highest BCUT2D eigenvalue weighted by Gasteiger charge is 2.32. The number of likely N-dealkylation sites (tertiary alicyclic amines) is 1. The fraction of sp³-hybridized carbons (Fsp3) is 0.529. The zero-order valence-corrected chi connectivity index (χ0v) is 13.2. The Morgan fingerprint density at radius 1 is 1.32 bits per heavy atom. The van der Waals surface area contributed by atoms with Gasteiger partial charge in [0.1, 0.15) is 0 Å². The molecule has 0 aliphatic carbocycles. The second-order valence-electron chi connectivity index (χ2n) is 6.00. The Hall–Kier alpha value is -2.04. The lowest BCUT2D eigenvalue weighted by molar-refractivity contribution is -0.147. The molecule has 120 valence electrons. The normalized spacial score (nSPS) is 21.5. The molecule has 0 radical (unpaired) electrons. The maximum Gasteiger partial charge on any atom is 0.308 e. The van der Waals surface area contributed by atoms with Crippen molar-refractivity contribution in [2.75, 3.05) is 18.4 Å². The number of nitrogens with zero attached hydrogens (tertiary/aromatic N) is 1. The summed E-state index contributed by atoms with van der Waals surface area (Å²) in [4.78, 5) is 25.2. The number of piperidine rings is 1. The summed E-state index contributed by atoms with van der Waals surface area (Å²) in [5, 5.41) is 12.4. The molecule has 2 unspecified atom stereocenters. The van der Waals surface area contributed by atoms with Gasteiger partial charge >= 0.3 is 5.97 Å². The van der Waals surface area contributed by atoms with Crippen LogP contribution in [0.1, 0.15) is 31.7 Å². The number of aliphatic carboxylic acids is 1. The van der Waals surface area contributed by atoms with Crippen molar-refractivity contribution in [3.05, 3.63) is 29.8 Å². The minimum atomic E-state index is -0.803. The fourth-order valence-electron chi connectivity index (χ4n) is 2.88. The number of anilines is 1. The molecule has 0 aromatic heterocycles. The van der Waals surface area contributed by atoms with Crippen molar-refractivity contribution in [3.8, 4) is 0 Å². The quantitative estimate of drug-likeness (QED) is 0.877. The van der Waals surface area contributed by atoms with Crippen LogP contribution in [0.4, 0.5) is 5.69 Å². The van der Waals surface area contributed by atoms with Gasteiger partial charge in [-0.1, -0.05) is 18.2 Å². The number of nitrogens with one attached hydrogen (secondary N) is 1. The van der Waals surface area contributed by atoms with Crippen LogP contribution in [0.3, 0.4) is 0 Å². The predicted octanol–water partition coefficient (Wildman–Crippen LogP) is 2.51. The van der Waals surface area contributed by atoms with Crippen LogP contribution in [0.5, 0.6) is 0 Å². The van der Waals surface area contributed by atoms with Gasteiger partial charge in [0, 0.05) is 31.2 Å². The first kappa shape index (κ1) is 16.3. The van der Waals surface area contributed by atoms with Gasteiger partial charge in [-0.15, -0.1) is 0 Å². The van der Waals surface area contributed by atoms with E-state index >= 15 is 0 Å². The summed E-state index contributed by atoms with van der Waals surface area (Å²) in [6, 6.07) is 8.08. The van der Waals surface area contributed by atoms with Crippen molar-refractivity contribution in [2.24, 2.45) is 5.92 Å². The minimum Gasteiger partial charge on any atom is -0.481 e. The number of carbonyl (C=O) groups is 2. The van der Waals surface area contributed by atoms with Crippen LogP contribution < -0.4 is 5.32 Å². The van der Waals surface area contributed by atoms with Crippen LogP contribution in [0, 0.1) is 12.8 Å². The van der Waals surface area contributed by atoms with E-state index in [1.807, 2.05) is 38.1 Å². The summed E-state index contributed by atoms with van der Waals surface area (Å²) in [7, 11) is 0. The van der Waals surface area contributed by atoms with E-state index < -0.39 is 11.9 Å². The van der Waals surface area contributed by atoms with Gasteiger partial charge in [0.2, 0.25) is 5.91 Å². The standard InChI is InChI=1S/C17H24N2O3/c1-12-5-3-4-6-15(12)18-10-9-16(20)19-11-14(17(21)22)8-7-13(19)2/h3-6,13-14,18H,7-11H2,1-2H3,(H,21,22). The van der Waals surface area contributed by atoms with Gasteiger partial charge in [0.15, 0.2) is 0 Å². The lowest BCUT2D eigenvalue weighted by Crippen LogP contribution is -2.47. The van der Waals surface area contributed by atoms with E-state index in [1.54, 1.807) is 4.90 Å². The second-order valence-corrected chi connectivity index (χ2v) is 6.00. The zero-order valence-electron chi connectivity index (χ0n) is 13.2. The highest BCUT2D eigenvalue weighted by atomic mass is 16.4. The molecule has 0 saturated carbocycles. The Bertz CT molecular complexity index is 544. The van der Waals surface area contributed by atoms with Crippen molar-refractivity contribution in [1.29, 1.82) is 0 Å². The molecule has 2 N–H and O–H groups in total. The number of carboxylic acids is 1. The average molecular weight is 304 g/mol. The largest absolute Gasteiger partial charge is 0.481 e. The maximum atomic E-state index is 12.3. The molecule has 1 saturated heterocycles. The maximum absolute atomic E-state index is 12.3. The number of aryl methyl sites for hydroxylation is 1. The third kappa shape index (κ3) is 4.00. The van der Waals surface area contributed by atoms with Gasteiger partial charge in [-0.3, -0.25) is 9.59 Å². The number of hydrogen-bond donors (Lipinski definition) is 2. The SMILES string of the molecule is Cc1ccccc1NCCC(=O)N1CC(C(=O)O)CCC1C. The first-order valence-corrected chi connectivity index (χ1v) is 7.81. The van der Waals surface area contributed by atoms with Crippen LogP contribution >= 0.6 is 0 Å². The number of benzene rings is 1. The third-order valence-electron chi connectivity index (χ3n) is 4.35. The molecule has 2 rings (SSSR count). The van der Waals surface area contributed by atoms with E-state index in [2.05, 4.69) is 5.32 Å². The monoisotopic (exact) mass is 304 g/mol. The average Bonchev–Trinajstić information content (AvgIpc) is 2.49. The summed E-state index contributed by atoms with van der Waals surface area (Å²) in [5.41, 5.74) is 2.18. The first-order valence-electron chi connectivity index (χ1n) is 7.81. The van der Waals surface area contributed by atoms with Gasteiger partial charge in [-0.05, 0) is 38.3 Å². The molecule has 22 heavy (non-hydrogen) atoms. The van der Waals surface area contributed by atoms with Crippen LogP contribution in [-0.4, -0.2) is 41.0 Å². The molecule has 1 heterocycles. The summed E-state index contributed by atoms with van der Waals surface area (Å²) in [5.74, 6) is -1.20. The van der Waals surface area contributed by atoms with Crippen LogP contribution in [-0.2, 0) is 9.59 Å². The molecule has 1 aliphatic rings. The molecule has 0 spiro atoms. The van der Waals surface area contributed by atoms with Crippen LogP contribution in [0.2, 0.25) is 0 Å². The van der Waals surface area contributed by atoms with E-state index in [0.29, 0.717) is 25.9 Å². The highest BCUT2D eigenvalue weighted by molar-refractivity contribution is 5.78. The van der Waals surface area contributed by atoms with E-state index in [9.17, 15) is 9.59 Å². The van der Waals surface area contributed by atoms with E-state index in [4.69, 9.17) is 5.11 Å². The highest BCUT2D eigenvalue weighted by Crippen LogP contribution is 2.23. The summed E-state index contributed by atoms with van der Waals surface area (Å²) in [6.07, 6.45) is 1.79. The van der Waals surface area contributed by atoms with Gasteiger partial charge in [-0.2, -0.15) is 0 Å². The molecular formula is C17H24N2O3. The van der Waals surface area contributed by atoms with E-state index in [1.165, 1.54) is 0 Å². The zero-order chi connectivity index (χ0) is 16.1. The summed E-state index contributed by atoms with van der Waals surface area (Å²) < 4.78 is 0. The predicted molar refractivity (Wildman–Crippen MR) is 85.8 cm³/mol. The lowest BCUT2D eigenvalue weighted by Gasteiger charge is -2.36. The number of carbonyl (C=O) groups excluding carboxylic acids is 1. The van der Waals surface area contributed by atoms with Crippen LogP contribution in [0.15, 0.2) is 24.3 Å². The summed E-state index contributed by atoms with van der Waals surface area (Å²) >= 11 is 0. The lowest BCUT2D eigenvalue weighted by atomic mass is 9.93. The third-order valence-corrected chi connectivity index (χ3v) is 4.35. The molecule has 1 aliphatic heterocycles. The smallest absolute Gasteiger partial charge is 0.308 e. The van der Waals surface area contributed by atoms with Gasteiger partial charge in [0.05, 0.1) is 5.92 Å². The Kier molecular flexibility index (Phi) is 5.41. The van der Waals surface area contributed by atoms with Gasteiger partial charge in [0.25, 0.3) is 0 Å². The first-order chi connectivity index (χ1) is 10.5. The van der Waals surface area contributed by atoms with Crippen molar-refractivity contribution >= 4 is 17.6 Å². The second kappa shape index (κ2) is 7.29. The topological polar surface area (TPSA) is 69.6 Å². The van der Waals surface area contributed by atoms with E-state index in [0.717, 1.165) is 17.7 Å². The molecule has 2 atom stereocenters. The molecule has 1 amide bonds. The molecule has 5 heteroatoms. The number of rotatable bonds is 5. The Labute approximate surface area is 131 Å². The minimum absolute atomic E-state index is 0.0273. The van der Waals surface area contributed by atoms with Crippen molar-refractivity contribution in [2.45, 2.75) is 39.2 Å². The van der Waals surface area contributed by atoms with E-state index in [-0.39, 0.29) is 11.9 Å². The Morgan fingerprint density at radius 3 is 2.73 bits per heavy atom. The molecule has 5 nitrogen and oxygen atoms in total. The summed E-state index contributed by atoms with van der Waals surface area (Å²) in [6.45, 7) is 4.91. The van der Waals surface area contributed by atoms with Gasteiger partial charge < -0.3 is 15.3 Å². The number of amides is 1. The number of hydrogen-bond acceptors (Lipinski definition) is 3. The molecule has 1 aromatic rings. The van der Waals surface area contributed by atoms with Crippen LogP contribution in [0.25, 0.3) is 0 Å². The van der Waals surface area contributed by atoms with Crippen molar-refractivity contribution in [3.63, 3.8) is 0 Å². The molecule has 0 bridgehead atoms. The molecular weight excluding hydrogens is 280 g/mol. The Morgan fingerprint density at radius 2 is 2.05 bits per heavy atom. The van der Waals surface area contributed by atoms with Crippen molar-refractivity contribution in [1.82, 2.24) is 4.90 Å². The van der Waals surface area contributed by atoms with Crippen molar-refractivity contribution < 1.29 is 14.7 Å². The number of para-hydroxylation sites is 1. The number of carboxylic acid groups (broad SMARTS) is 1. The fourth-order valence-corrected chi connectivity index (χ4v) is 2.88. The Balaban J connectivity index is 1.86. The van der Waals surface area contributed by atoms with Gasteiger partial charge in [-0.25, -0.2) is 0 Å².